The number of aliphatic carboxylic acids is 1. The van der Waals surface area contributed by atoms with Crippen molar-refractivity contribution in [3.05, 3.63) is 48.0 Å². The van der Waals surface area contributed by atoms with Crippen LogP contribution in [-0.2, 0) is 11.2 Å². The third-order valence-electron chi connectivity index (χ3n) is 2.94. The molecule has 0 aliphatic carbocycles. The Bertz CT molecular complexity index is 591. The highest BCUT2D eigenvalue weighted by molar-refractivity contribution is 5.82. The van der Waals surface area contributed by atoms with Gasteiger partial charge in [-0.1, -0.05) is 30.3 Å². The van der Waals surface area contributed by atoms with Crippen LogP contribution in [0, 0.1) is 0 Å². The van der Waals surface area contributed by atoms with Gasteiger partial charge in [-0.15, -0.1) is 0 Å². The maximum Gasteiger partial charge on any atom is 0.307 e. The average Bonchev–Trinajstić information content (AvgIpc) is 2.41. The third-order valence-corrected chi connectivity index (χ3v) is 2.94. The molecule has 4 heteroatoms. The Hall–Kier alpha value is -2.49. The van der Waals surface area contributed by atoms with Crippen LogP contribution in [0.1, 0.15) is 5.56 Å². The van der Waals surface area contributed by atoms with E-state index < -0.39 is 5.97 Å². The summed E-state index contributed by atoms with van der Waals surface area (Å²) >= 11 is 0. The molecule has 98 valence electrons. The van der Waals surface area contributed by atoms with Gasteiger partial charge in [0.15, 0.2) is 0 Å². The molecule has 0 amide bonds. The van der Waals surface area contributed by atoms with Gasteiger partial charge in [0.2, 0.25) is 0 Å². The first-order valence-corrected chi connectivity index (χ1v) is 5.85. The molecule has 0 bridgehead atoms. The molecule has 3 N–H and O–H groups in total. The van der Waals surface area contributed by atoms with Gasteiger partial charge in [-0.3, -0.25) is 4.79 Å². The van der Waals surface area contributed by atoms with Crippen LogP contribution >= 0.6 is 0 Å². The van der Waals surface area contributed by atoms with Crippen molar-refractivity contribution < 1.29 is 14.6 Å². The molecule has 0 aliphatic heterocycles. The van der Waals surface area contributed by atoms with Crippen LogP contribution in [0.2, 0.25) is 0 Å². The van der Waals surface area contributed by atoms with Crippen LogP contribution in [0.3, 0.4) is 0 Å². The van der Waals surface area contributed by atoms with E-state index in [2.05, 4.69) is 0 Å². The van der Waals surface area contributed by atoms with Crippen molar-refractivity contribution in [3.8, 4) is 16.9 Å². The molecule has 0 heterocycles. The molecule has 0 saturated heterocycles. The number of methoxy groups -OCH3 is 1. The van der Waals surface area contributed by atoms with E-state index >= 15 is 0 Å². The van der Waals surface area contributed by atoms with Gasteiger partial charge in [0, 0.05) is 11.3 Å². The number of carboxylic acid groups (broad SMARTS) is 1. The van der Waals surface area contributed by atoms with Gasteiger partial charge in [-0.05, 0) is 23.3 Å². The smallest absolute Gasteiger partial charge is 0.307 e. The number of carboxylic acids is 1. The summed E-state index contributed by atoms with van der Waals surface area (Å²) in [5.74, 6) is -0.123. The van der Waals surface area contributed by atoms with Gasteiger partial charge in [-0.25, -0.2) is 0 Å². The van der Waals surface area contributed by atoms with Crippen LogP contribution < -0.4 is 10.5 Å². The summed E-state index contributed by atoms with van der Waals surface area (Å²) in [7, 11) is 1.61. The largest absolute Gasteiger partial charge is 0.497 e. The first-order chi connectivity index (χ1) is 9.11. The minimum Gasteiger partial charge on any atom is -0.497 e. The van der Waals surface area contributed by atoms with Crippen molar-refractivity contribution in [1.82, 2.24) is 0 Å². The Morgan fingerprint density at radius 1 is 1.21 bits per heavy atom. The van der Waals surface area contributed by atoms with Crippen LogP contribution in [0.4, 0.5) is 5.69 Å². The number of rotatable bonds is 4. The fraction of sp³-hybridized carbons (Fsp3) is 0.133. The maximum atomic E-state index is 10.8. The summed E-state index contributed by atoms with van der Waals surface area (Å²) in [6.07, 6.45) is -0.0736. The lowest BCUT2D eigenvalue weighted by Crippen LogP contribution is -2.04. The van der Waals surface area contributed by atoms with Crippen molar-refractivity contribution in [2.45, 2.75) is 6.42 Å². The van der Waals surface area contributed by atoms with Gasteiger partial charge in [-0.2, -0.15) is 0 Å². The quantitative estimate of drug-likeness (QED) is 0.826. The number of nitrogens with two attached hydrogens (primary N) is 1. The number of nitrogen functional groups attached to an aromatic ring is 1. The second kappa shape index (κ2) is 5.44. The van der Waals surface area contributed by atoms with Crippen molar-refractivity contribution in [2.24, 2.45) is 0 Å². The van der Waals surface area contributed by atoms with Gasteiger partial charge in [0.1, 0.15) is 5.75 Å². The van der Waals surface area contributed by atoms with Gasteiger partial charge in [0.25, 0.3) is 0 Å². The first kappa shape index (κ1) is 13.0. The SMILES string of the molecule is COc1ccc(-c2cccc(CC(=O)O)c2N)cc1. The molecule has 0 spiro atoms. The lowest BCUT2D eigenvalue weighted by atomic mass is 9.99. The zero-order valence-corrected chi connectivity index (χ0v) is 10.6. The van der Waals surface area contributed by atoms with Crippen LogP contribution in [0.25, 0.3) is 11.1 Å². The van der Waals surface area contributed by atoms with Crippen molar-refractivity contribution in [2.75, 3.05) is 12.8 Å². The highest BCUT2D eigenvalue weighted by Crippen LogP contribution is 2.30. The highest BCUT2D eigenvalue weighted by Gasteiger charge is 2.09. The van der Waals surface area contributed by atoms with Gasteiger partial charge >= 0.3 is 5.97 Å². The maximum absolute atomic E-state index is 10.8. The van der Waals surface area contributed by atoms with E-state index in [0.717, 1.165) is 16.9 Å². The molecule has 0 atom stereocenters. The van der Waals surface area contributed by atoms with Crippen molar-refractivity contribution >= 4 is 11.7 Å². The number of benzene rings is 2. The number of para-hydroxylation sites is 1. The van der Waals surface area contributed by atoms with E-state index in [-0.39, 0.29) is 6.42 Å². The van der Waals surface area contributed by atoms with Gasteiger partial charge < -0.3 is 15.6 Å². The number of hydrogen-bond donors (Lipinski definition) is 2. The monoisotopic (exact) mass is 257 g/mol. The Labute approximate surface area is 111 Å². The molecular formula is C15H15NO3. The summed E-state index contributed by atoms with van der Waals surface area (Å²) in [4.78, 5) is 10.8. The molecule has 2 aromatic rings. The highest BCUT2D eigenvalue weighted by atomic mass is 16.5. The summed E-state index contributed by atoms with van der Waals surface area (Å²) in [6, 6.07) is 12.9. The van der Waals surface area contributed by atoms with Gasteiger partial charge in [0.05, 0.1) is 13.5 Å². The summed E-state index contributed by atoms with van der Waals surface area (Å²) in [5.41, 5.74) is 8.95. The topological polar surface area (TPSA) is 72.5 Å². The summed E-state index contributed by atoms with van der Waals surface area (Å²) in [6.45, 7) is 0. The van der Waals surface area contributed by atoms with Crippen LogP contribution in [-0.4, -0.2) is 18.2 Å². The minimum atomic E-state index is -0.890. The predicted molar refractivity (Wildman–Crippen MR) is 74.2 cm³/mol. The van der Waals surface area contributed by atoms with Crippen LogP contribution in [0.5, 0.6) is 5.75 Å². The van der Waals surface area contributed by atoms with Crippen molar-refractivity contribution in [3.63, 3.8) is 0 Å². The molecule has 4 nitrogen and oxygen atoms in total. The van der Waals surface area contributed by atoms with E-state index in [0.29, 0.717) is 11.3 Å². The Balaban J connectivity index is 2.41. The van der Waals surface area contributed by atoms with Crippen molar-refractivity contribution in [1.29, 1.82) is 0 Å². The number of anilines is 1. The summed E-state index contributed by atoms with van der Waals surface area (Å²) < 4.78 is 5.10. The molecule has 0 unspecified atom stereocenters. The number of ether oxygens (including phenoxy) is 1. The molecular weight excluding hydrogens is 242 g/mol. The van der Waals surface area contributed by atoms with E-state index in [9.17, 15) is 4.79 Å². The average molecular weight is 257 g/mol. The zero-order valence-electron chi connectivity index (χ0n) is 10.6. The predicted octanol–water partition coefficient (Wildman–Crippen LogP) is 2.57. The van der Waals surface area contributed by atoms with E-state index in [4.69, 9.17) is 15.6 Å². The summed E-state index contributed by atoms with van der Waals surface area (Å²) in [5, 5.41) is 8.85. The van der Waals surface area contributed by atoms with E-state index in [1.165, 1.54) is 0 Å². The lowest BCUT2D eigenvalue weighted by molar-refractivity contribution is -0.136. The number of carbonyl (C=O) groups is 1. The normalized spacial score (nSPS) is 10.2. The Morgan fingerprint density at radius 3 is 2.47 bits per heavy atom. The minimum absolute atomic E-state index is 0.0736. The van der Waals surface area contributed by atoms with E-state index in [1.54, 1.807) is 13.2 Å². The van der Waals surface area contributed by atoms with Crippen LogP contribution in [0.15, 0.2) is 42.5 Å². The Kier molecular flexibility index (Phi) is 3.71. The molecule has 19 heavy (non-hydrogen) atoms. The third kappa shape index (κ3) is 2.85. The molecule has 0 fully saturated rings. The molecule has 0 radical (unpaired) electrons. The number of hydrogen-bond acceptors (Lipinski definition) is 3. The molecule has 2 rings (SSSR count). The first-order valence-electron chi connectivity index (χ1n) is 5.85. The Morgan fingerprint density at radius 2 is 1.89 bits per heavy atom. The zero-order chi connectivity index (χ0) is 13.8. The fourth-order valence-corrected chi connectivity index (χ4v) is 1.95. The molecule has 0 aromatic heterocycles. The fourth-order valence-electron chi connectivity index (χ4n) is 1.95. The molecule has 0 saturated carbocycles. The second-order valence-corrected chi connectivity index (χ2v) is 4.18. The molecule has 0 aliphatic rings. The standard InChI is InChI=1S/C15H15NO3/c1-19-12-7-5-10(6-8-12)13-4-2-3-11(15(13)16)9-14(17)18/h2-8H,9,16H2,1H3,(H,17,18). The second-order valence-electron chi connectivity index (χ2n) is 4.18. The lowest BCUT2D eigenvalue weighted by Gasteiger charge is -2.10. The molecule has 2 aromatic carbocycles. The van der Waals surface area contributed by atoms with E-state index in [1.807, 2.05) is 36.4 Å².